The van der Waals surface area contributed by atoms with Crippen LogP contribution >= 0.6 is 0 Å². The molecule has 2 N–H and O–H groups in total. The number of hydrogen-bond donors (Lipinski definition) is 1. The highest BCUT2D eigenvalue weighted by atomic mass is 19.1. The maximum Gasteiger partial charge on any atom is 0.131 e. The molecule has 2 rings (SSSR count). The second kappa shape index (κ2) is 4.93. The van der Waals surface area contributed by atoms with Crippen LogP contribution in [-0.2, 0) is 12.0 Å². The molecule has 1 heterocycles. The van der Waals surface area contributed by atoms with E-state index < -0.39 is 0 Å². The van der Waals surface area contributed by atoms with Crippen LogP contribution in [0.1, 0.15) is 39.1 Å². The zero-order valence-corrected chi connectivity index (χ0v) is 12.8. The van der Waals surface area contributed by atoms with E-state index in [9.17, 15) is 4.39 Å². The van der Waals surface area contributed by atoms with Crippen molar-refractivity contribution in [3.8, 4) is 11.3 Å². The van der Waals surface area contributed by atoms with Crippen LogP contribution < -0.4 is 5.73 Å². The smallest absolute Gasteiger partial charge is 0.131 e. The number of benzene rings is 1. The molecule has 0 bridgehead atoms. The Hall–Kier alpha value is -1.84. The number of nitrogens with zero attached hydrogens (tertiary/aromatic N) is 2. The topological polar surface area (TPSA) is 43.8 Å². The van der Waals surface area contributed by atoms with Gasteiger partial charge in [0.05, 0.1) is 0 Å². The second-order valence-corrected chi connectivity index (χ2v) is 6.12. The van der Waals surface area contributed by atoms with Gasteiger partial charge in [-0.1, -0.05) is 26.8 Å². The van der Waals surface area contributed by atoms with E-state index >= 15 is 0 Å². The van der Waals surface area contributed by atoms with E-state index in [1.54, 1.807) is 6.07 Å². The molecule has 0 saturated carbocycles. The first-order chi connectivity index (χ1) is 9.25. The molecule has 1 aromatic carbocycles. The van der Waals surface area contributed by atoms with E-state index in [1.165, 1.54) is 12.1 Å². The van der Waals surface area contributed by atoms with Gasteiger partial charge >= 0.3 is 0 Å². The number of imidazole rings is 1. The molecule has 0 aliphatic carbocycles. The Morgan fingerprint density at radius 2 is 1.95 bits per heavy atom. The Morgan fingerprint density at radius 1 is 1.30 bits per heavy atom. The van der Waals surface area contributed by atoms with Crippen molar-refractivity contribution in [2.45, 2.75) is 46.6 Å². The molecule has 108 valence electrons. The van der Waals surface area contributed by atoms with Crippen LogP contribution in [0.5, 0.6) is 0 Å². The molecular formula is C16H22FN3. The Balaban J connectivity index is 2.70. The van der Waals surface area contributed by atoms with Crippen LogP contribution in [0.4, 0.5) is 10.2 Å². The average Bonchev–Trinajstić information content (AvgIpc) is 2.69. The summed E-state index contributed by atoms with van der Waals surface area (Å²) in [5, 5.41) is 0. The third-order valence-electron chi connectivity index (χ3n) is 3.45. The van der Waals surface area contributed by atoms with Crippen LogP contribution in [0.25, 0.3) is 11.3 Å². The van der Waals surface area contributed by atoms with Crippen molar-refractivity contribution >= 4 is 5.82 Å². The minimum Gasteiger partial charge on any atom is -0.383 e. The lowest BCUT2D eigenvalue weighted by atomic mass is 9.95. The molecule has 0 saturated heterocycles. The summed E-state index contributed by atoms with van der Waals surface area (Å²) in [5.41, 5.74) is 8.54. The Labute approximate surface area is 119 Å². The van der Waals surface area contributed by atoms with Gasteiger partial charge < -0.3 is 10.3 Å². The van der Waals surface area contributed by atoms with Crippen molar-refractivity contribution in [3.63, 3.8) is 0 Å². The summed E-state index contributed by atoms with van der Waals surface area (Å²) < 4.78 is 15.5. The van der Waals surface area contributed by atoms with E-state index in [2.05, 4.69) is 20.8 Å². The monoisotopic (exact) mass is 275 g/mol. The molecule has 0 aliphatic rings. The summed E-state index contributed by atoms with van der Waals surface area (Å²) in [6, 6.07) is 4.71. The second-order valence-electron chi connectivity index (χ2n) is 6.12. The highest BCUT2D eigenvalue weighted by Gasteiger charge is 2.25. The Morgan fingerprint density at radius 3 is 2.45 bits per heavy atom. The first-order valence-electron chi connectivity index (χ1n) is 6.88. The standard InChI is InChI=1S/C16H22FN3/c1-6-20-14(18)13(19-15(20)16(3,4)5)12-9-11(17)8-7-10(12)2/h7-9H,6,18H2,1-5H3. The molecule has 0 radical (unpaired) electrons. The van der Waals surface area contributed by atoms with Gasteiger partial charge in [-0.2, -0.15) is 0 Å². The average molecular weight is 275 g/mol. The molecule has 3 nitrogen and oxygen atoms in total. The molecule has 0 atom stereocenters. The SMILES string of the molecule is CCn1c(C(C)(C)C)nc(-c2cc(F)ccc2C)c1N. The van der Waals surface area contributed by atoms with Gasteiger partial charge in [0.15, 0.2) is 0 Å². The predicted octanol–water partition coefficient (Wildman–Crippen LogP) is 3.90. The number of aromatic nitrogens is 2. The fourth-order valence-corrected chi connectivity index (χ4v) is 2.41. The van der Waals surface area contributed by atoms with Crippen molar-refractivity contribution in [3.05, 3.63) is 35.4 Å². The maximum atomic E-state index is 13.5. The lowest BCUT2D eigenvalue weighted by Gasteiger charge is -2.19. The van der Waals surface area contributed by atoms with Crippen molar-refractivity contribution in [2.75, 3.05) is 5.73 Å². The largest absolute Gasteiger partial charge is 0.383 e. The van der Waals surface area contributed by atoms with Crippen LogP contribution in [0.3, 0.4) is 0 Å². The van der Waals surface area contributed by atoms with Gasteiger partial charge in [0, 0.05) is 17.5 Å². The Kier molecular flexibility index (Phi) is 3.59. The molecule has 2 aromatic rings. The normalized spacial score (nSPS) is 11.9. The van der Waals surface area contributed by atoms with Gasteiger partial charge in [0.2, 0.25) is 0 Å². The van der Waals surface area contributed by atoms with Crippen LogP contribution in [0, 0.1) is 12.7 Å². The molecular weight excluding hydrogens is 253 g/mol. The number of halogens is 1. The summed E-state index contributed by atoms with van der Waals surface area (Å²) in [6.07, 6.45) is 0. The molecule has 0 amide bonds. The van der Waals surface area contributed by atoms with Crippen molar-refractivity contribution in [1.29, 1.82) is 0 Å². The summed E-state index contributed by atoms with van der Waals surface area (Å²) in [4.78, 5) is 4.70. The number of anilines is 1. The molecule has 4 heteroatoms. The van der Waals surface area contributed by atoms with Gasteiger partial charge in [-0.25, -0.2) is 9.37 Å². The lowest BCUT2D eigenvalue weighted by Crippen LogP contribution is -2.19. The number of hydrogen-bond acceptors (Lipinski definition) is 2. The molecule has 0 fully saturated rings. The lowest BCUT2D eigenvalue weighted by molar-refractivity contribution is 0.508. The zero-order valence-electron chi connectivity index (χ0n) is 12.8. The van der Waals surface area contributed by atoms with Crippen molar-refractivity contribution in [1.82, 2.24) is 9.55 Å². The number of nitrogens with two attached hydrogens (primary N) is 1. The van der Waals surface area contributed by atoms with Gasteiger partial charge in [-0.05, 0) is 31.5 Å². The minimum absolute atomic E-state index is 0.108. The predicted molar refractivity (Wildman–Crippen MR) is 81.1 cm³/mol. The minimum atomic E-state index is -0.270. The first-order valence-corrected chi connectivity index (χ1v) is 6.88. The highest BCUT2D eigenvalue weighted by Crippen LogP contribution is 2.33. The van der Waals surface area contributed by atoms with Gasteiger partial charge in [-0.3, -0.25) is 0 Å². The maximum absolute atomic E-state index is 13.5. The van der Waals surface area contributed by atoms with Crippen molar-refractivity contribution in [2.24, 2.45) is 0 Å². The molecule has 20 heavy (non-hydrogen) atoms. The van der Waals surface area contributed by atoms with Gasteiger partial charge in [0.25, 0.3) is 0 Å². The van der Waals surface area contributed by atoms with E-state index in [-0.39, 0.29) is 11.2 Å². The quantitative estimate of drug-likeness (QED) is 0.903. The Bertz CT molecular complexity index is 636. The van der Waals surface area contributed by atoms with Gasteiger partial charge in [0.1, 0.15) is 23.2 Å². The highest BCUT2D eigenvalue weighted by molar-refractivity contribution is 5.74. The summed E-state index contributed by atoms with van der Waals surface area (Å²) in [6.45, 7) is 11.0. The van der Waals surface area contributed by atoms with E-state index in [4.69, 9.17) is 10.7 Å². The fraction of sp³-hybridized carbons (Fsp3) is 0.438. The number of rotatable bonds is 2. The third kappa shape index (κ3) is 2.42. The molecule has 1 aromatic heterocycles. The fourth-order valence-electron chi connectivity index (χ4n) is 2.41. The molecule has 0 aliphatic heterocycles. The van der Waals surface area contributed by atoms with E-state index in [0.717, 1.165) is 23.5 Å². The van der Waals surface area contributed by atoms with Crippen molar-refractivity contribution < 1.29 is 4.39 Å². The molecule has 0 spiro atoms. The number of aryl methyl sites for hydroxylation is 1. The third-order valence-corrected chi connectivity index (χ3v) is 3.45. The van der Waals surface area contributed by atoms with Gasteiger partial charge in [-0.15, -0.1) is 0 Å². The molecule has 0 unspecified atom stereocenters. The van der Waals surface area contributed by atoms with E-state index in [0.29, 0.717) is 11.5 Å². The van der Waals surface area contributed by atoms with Crippen LogP contribution in [-0.4, -0.2) is 9.55 Å². The summed E-state index contributed by atoms with van der Waals surface area (Å²) in [7, 11) is 0. The first kappa shape index (κ1) is 14.6. The summed E-state index contributed by atoms with van der Waals surface area (Å²) in [5.74, 6) is 1.26. The summed E-state index contributed by atoms with van der Waals surface area (Å²) >= 11 is 0. The van der Waals surface area contributed by atoms with Crippen LogP contribution in [0.2, 0.25) is 0 Å². The zero-order chi connectivity index (χ0) is 15.1. The van der Waals surface area contributed by atoms with Crippen LogP contribution in [0.15, 0.2) is 18.2 Å². The van der Waals surface area contributed by atoms with E-state index in [1.807, 2.05) is 18.4 Å². The number of nitrogen functional groups attached to an aromatic ring is 1.